The molecule has 4 heteroatoms. The molecule has 28 heavy (non-hydrogen) atoms. The molecule has 3 aromatic carbocycles. The minimum Gasteiger partial charge on any atom is -0.345 e. The van der Waals surface area contributed by atoms with E-state index in [1.54, 1.807) is 0 Å². The van der Waals surface area contributed by atoms with Gasteiger partial charge >= 0.3 is 0 Å². The van der Waals surface area contributed by atoms with Gasteiger partial charge in [-0.2, -0.15) is 0 Å². The summed E-state index contributed by atoms with van der Waals surface area (Å²) in [5.74, 6) is -0.318. The third-order valence-electron chi connectivity index (χ3n) is 5.56. The van der Waals surface area contributed by atoms with E-state index in [2.05, 4.69) is 34.9 Å². The predicted molar refractivity (Wildman–Crippen MR) is 111 cm³/mol. The van der Waals surface area contributed by atoms with Gasteiger partial charge in [0, 0.05) is 18.9 Å². The molecule has 1 amide bonds. The molecule has 1 aliphatic heterocycles. The number of hydrogen-bond acceptors (Lipinski definition) is 2. The fourth-order valence-corrected chi connectivity index (χ4v) is 4.05. The second-order valence-electron chi connectivity index (χ2n) is 7.45. The lowest BCUT2D eigenvalue weighted by Crippen LogP contribution is -2.41. The Morgan fingerprint density at radius 3 is 2.61 bits per heavy atom. The average molecular weight is 376 g/mol. The van der Waals surface area contributed by atoms with E-state index in [1.165, 1.54) is 0 Å². The van der Waals surface area contributed by atoms with Crippen LogP contribution in [0.25, 0.3) is 10.8 Å². The van der Waals surface area contributed by atoms with Crippen molar-refractivity contribution in [2.45, 2.75) is 25.1 Å². The number of amides is 1. The van der Waals surface area contributed by atoms with E-state index in [4.69, 9.17) is 0 Å². The molecule has 3 atom stereocenters. The van der Waals surface area contributed by atoms with Crippen LogP contribution in [-0.4, -0.2) is 25.2 Å². The Hall–Kier alpha value is -2.72. The summed E-state index contributed by atoms with van der Waals surface area (Å²) in [6, 6.07) is 24.0. The number of carbonyl (C=O) groups is 1. The lowest BCUT2D eigenvalue weighted by atomic mass is 9.91. The number of rotatable bonds is 5. The van der Waals surface area contributed by atoms with Crippen molar-refractivity contribution < 1.29 is 9.18 Å². The number of fused-ring (bicyclic) bond motifs is 1. The minimum absolute atomic E-state index is 0.101. The van der Waals surface area contributed by atoms with Gasteiger partial charge in [0.1, 0.15) is 6.17 Å². The van der Waals surface area contributed by atoms with Crippen molar-refractivity contribution in [2.24, 2.45) is 5.92 Å². The van der Waals surface area contributed by atoms with Crippen LogP contribution in [0.4, 0.5) is 4.39 Å². The molecule has 0 bridgehead atoms. The molecule has 0 aliphatic carbocycles. The Balaban J connectivity index is 1.64. The number of hydrogen-bond donors (Lipinski definition) is 2. The summed E-state index contributed by atoms with van der Waals surface area (Å²) in [6.07, 6.45) is -0.0530. The Bertz CT molecular complexity index is 938. The van der Waals surface area contributed by atoms with Crippen molar-refractivity contribution >= 4 is 16.7 Å². The molecule has 3 nitrogen and oxygen atoms in total. The molecule has 3 aromatic rings. The van der Waals surface area contributed by atoms with Crippen LogP contribution in [0, 0.1) is 5.92 Å². The van der Waals surface area contributed by atoms with Gasteiger partial charge < -0.3 is 10.6 Å². The van der Waals surface area contributed by atoms with E-state index in [1.807, 2.05) is 48.5 Å². The first-order chi connectivity index (χ1) is 13.7. The highest BCUT2D eigenvalue weighted by atomic mass is 19.1. The molecule has 0 radical (unpaired) electrons. The van der Waals surface area contributed by atoms with E-state index in [0.29, 0.717) is 13.0 Å². The standard InChI is InChI=1S/C24H25FN2O/c25-22-16-26-14-13-19(22)15-23(28)27-24(18-8-2-1-3-9-18)21-12-6-10-17-7-4-5-11-20(17)21/h1-12,19,22,24,26H,13-16H2,(H,27,28). The van der Waals surface area contributed by atoms with E-state index in [-0.39, 0.29) is 24.3 Å². The van der Waals surface area contributed by atoms with Crippen LogP contribution in [0.5, 0.6) is 0 Å². The van der Waals surface area contributed by atoms with Crippen molar-refractivity contribution in [2.75, 3.05) is 13.1 Å². The van der Waals surface area contributed by atoms with Crippen LogP contribution in [0.15, 0.2) is 72.8 Å². The number of piperidine rings is 1. The van der Waals surface area contributed by atoms with Crippen LogP contribution >= 0.6 is 0 Å². The van der Waals surface area contributed by atoms with Crippen molar-refractivity contribution in [3.05, 3.63) is 83.9 Å². The Morgan fingerprint density at radius 1 is 1.04 bits per heavy atom. The molecule has 1 saturated heterocycles. The van der Waals surface area contributed by atoms with Crippen LogP contribution < -0.4 is 10.6 Å². The normalized spacial score (nSPS) is 20.6. The van der Waals surface area contributed by atoms with E-state index >= 15 is 0 Å². The molecule has 2 N–H and O–H groups in total. The zero-order chi connectivity index (χ0) is 19.3. The summed E-state index contributed by atoms with van der Waals surface area (Å²) in [4.78, 5) is 12.9. The first kappa shape index (κ1) is 18.6. The second-order valence-corrected chi connectivity index (χ2v) is 7.45. The molecule has 1 aliphatic rings. The fraction of sp³-hybridized carbons (Fsp3) is 0.292. The van der Waals surface area contributed by atoms with Gasteiger partial charge in [-0.25, -0.2) is 4.39 Å². The third kappa shape index (κ3) is 4.07. The van der Waals surface area contributed by atoms with Gasteiger partial charge in [0.15, 0.2) is 0 Å². The number of alkyl halides is 1. The Morgan fingerprint density at radius 2 is 1.79 bits per heavy atom. The summed E-state index contributed by atoms with van der Waals surface area (Å²) < 4.78 is 14.2. The largest absolute Gasteiger partial charge is 0.345 e. The molecule has 0 saturated carbocycles. The average Bonchev–Trinajstić information content (AvgIpc) is 2.74. The SMILES string of the molecule is O=C(CC1CCNCC1F)NC(c1ccccc1)c1cccc2ccccc12. The maximum atomic E-state index is 14.2. The zero-order valence-corrected chi connectivity index (χ0v) is 15.8. The highest BCUT2D eigenvalue weighted by Gasteiger charge is 2.28. The van der Waals surface area contributed by atoms with Gasteiger partial charge in [-0.15, -0.1) is 0 Å². The lowest BCUT2D eigenvalue weighted by Gasteiger charge is -2.27. The van der Waals surface area contributed by atoms with E-state index < -0.39 is 6.17 Å². The summed E-state index contributed by atoms with van der Waals surface area (Å²) in [5.41, 5.74) is 2.08. The molecule has 0 spiro atoms. The topological polar surface area (TPSA) is 41.1 Å². The Kier molecular flexibility index (Phi) is 5.68. The number of nitrogens with one attached hydrogen (secondary N) is 2. The summed E-state index contributed by atoms with van der Waals surface area (Å²) in [7, 11) is 0. The van der Waals surface area contributed by atoms with Gasteiger partial charge in [0.05, 0.1) is 6.04 Å². The molecule has 1 fully saturated rings. The van der Waals surface area contributed by atoms with Crippen LogP contribution in [0.2, 0.25) is 0 Å². The van der Waals surface area contributed by atoms with Crippen molar-refractivity contribution in [3.63, 3.8) is 0 Å². The molecule has 144 valence electrons. The maximum absolute atomic E-state index is 14.2. The zero-order valence-electron chi connectivity index (χ0n) is 15.8. The predicted octanol–water partition coefficient (Wildman–Crippen LogP) is 4.38. The van der Waals surface area contributed by atoms with Crippen LogP contribution in [0.1, 0.15) is 30.0 Å². The van der Waals surface area contributed by atoms with Gasteiger partial charge in [-0.1, -0.05) is 72.8 Å². The van der Waals surface area contributed by atoms with Gasteiger partial charge in [-0.3, -0.25) is 4.79 Å². The Labute approximate surface area is 165 Å². The first-order valence-electron chi connectivity index (χ1n) is 9.89. The third-order valence-corrected chi connectivity index (χ3v) is 5.56. The van der Waals surface area contributed by atoms with Crippen LogP contribution in [0.3, 0.4) is 0 Å². The monoisotopic (exact) mass is 376 g/mol. The lowest BCUT2D eigenvalue weighted by molar-refractivity contribution is -0.123. The molecular formula is C24H25FN2O. The molecule has 0 aromatic heterocycles. The second kappa shape index (κ2) is 8.53. The summed E-state index contributed by atoms with van der Waals surface area (Å²) in [6.45, 7) is 1.10. The molecule has 1 heterocycles. The highest BCUT2D eigenvalue weighted by molar-refractivity contribution is 5.87. The van der Waals surface area contributed by atoms with Gasteiger partial charge in [0.2, 0.25) is 5.91 Å². The van der Waals surface area contributed by atoms with Crippen molar-refractivity contribution in [1.82, 2.24) is 10.6 Å². The molecular weight excluding hydrogens is 351 g/mol. The van der Waals surface area contributed by atoms with Crippen LogP contribution in [-0.2, 0) is 4.79 Å². The maximum Gasteiger partial charge on any atom is 0.221 e. The first-order valence-corrected chi connectivity index (χ1v) is 9.89. The highest BCUT2D eigenvalue weighted by Crippen LogP contribution is 2.29. The summed E-state index contributed by atoms with van der Waals surface area (Å²) in [5, 5.41) is 8.48. The van der Waals surface area contributed by atoms with E-state index in [9.17, 15) is 9.18 Å². The molecule has 3 unspecified atom stereocenters. The fourth-order valence-electron chi connectivity index (χ4n) is 4.05. The number of halogens is 1. The molecule has 4 rings (SSSR count). The van der Waals surface area contributed by atoms with Gasteiger partial charge in [-0.05, 0) is 34.9 Å². The van der Waals surface area contributed by atoms with Crippen molar-refractivity contribution in [1.29, 1.82) is 0 Å². The van der Waals surface area contributed by atoms with Gasteiger partial charge in [0.25, 0.3) is 0 Å². The minimum atomic E-state index is -0.966. The van der Waals surface area contributed by atoms with E-state index in [0.717, 1.165) is 28.4 Å². The quantitative estimate of drug-likeness (QED) is 0.694. The summed E-state index contributed by atoms with van der Waals surface area (Å²) >= 11 is 0. The van der Waals surface area contributed by atoms with Crippen molar-refractivity contribution in [3.8, 4) is 0 Å². The smallest absolute Gasteiger partial charge is 0.221 e. The number of carbonyl (C=O) groups excluding carboxylic acids is 1. The number of benzene rings is 3.